The van der Waals surface area contributed by atoms with Crippen molar-refractivity contribution in [2.45, 2.75) is 0 Å². The normalized spacial score (nSPS) is 11.4. The molecule has 3 N–H and O–H groups in total. The van der Waals surface area contributed by atoms with Gasteiger partial charge >= 0.3 is 0 Å². The van der Waals surface area contributed by atoms with Crippen LogP contribution in [0.5, 0.6) is 11.5 Å². The molecule has 0 aliphatic rings. The lowest BCUT2D eigenvalue weighted by Crippen LogP contribution is -2.04. The molecule has 7 heteroatoms. The minimum absolute atomic E-state index is 0.0241. The molecule has 0 aliphatic heterocycles. The molecule has 0 radical (unpaired) electrons. The molecule has 0 aliphatic carbocycles. The van der Waals surface area contributed by atoms with E-state index in [1.54, 1.807) is 36.5 Å². The van der Waals surface area contributed by atoms with Gasteiger partial charge in [0.1, 0.15) is 33.9 Å². The predicted octanol–water partition coefficient (Wildman–Crippen LogP) is 3.20. The van der Waals surface area contributed by atoms with E-state index in [1.807, 2.05) is 6.07 Å². The average Bonchev–Trinajstić information content (AvgIpc) is 2.62. The SMILES string of the molecule is O=c1c2cccc(/C=N/Nc3ccccn3)c2oc2cc(O)cc(O)c12. The van der Waals surface area contributed by atoms with Gasteiger partial charge in [0.25, 0.3) is 0 Å². The number of aromatic nitrogens is 1. The van der Waals surface area contributed by atoms with E-state index in [4.69, 9.17) is 4.42 Å². The summed E-state index contributed by atoms with van der Waals surface area (Å²) >= 11 is 0. The van der Waals surface area contributed by atoms with Crippen LogP contribution in [0.25, 0.3) is 21.9 Å². The van der Waals surface area contributed by atoms with Gasteiger partial charge in [0, 0.05) is 23.9 Å². The Morgan fingerprint density at radius 2 is 2.00 bits per heavy atom. The largest absolute Gasteiger partial charge is 0.508 e. The maximum absolute atomic E-state index is 12.7. The Labute approximate surface area is 146 Å². The van der Waals surface area contributed by atoms with Crippen molar-refractivity contribution in [2.24, 2.45) is 5.10 Å². The van der Waals surface area contributed by atoms with Crippen LogP contribution in [0.3, 0.4) is 0 Å². The number of phenolic OH excluding ortho intramolecular Hbond substituents is 2. The number of phenols is 2. The number of rotatable bonds is 3. The van der Waals surface area contributed by atoms with Crippen LogP contribution in [0, 0.1) is 0 Å². The molecule has 0 saturated heterocycles. The molecule has 0 bridgehead atoms. The topological polar surface area (TPSA) is 108 Å². The Morgan fingerprint density at radius 1 is 1.12 bits per heavy atom. The zero-order valence-electron chi connectivity index (χ0n) is 13.4. The third kappa shape index (κ3) is 2.71. The number of fused-ring (bicyclic) bond motifs is 2. The molecule has 2 aromatic carbocycles. The van der Waals surface area contributed by atoms with Crippen molar-refractivity contribution in [2.75, 3.05) is 5.43 Å². The van der Waals surface area contributed by atoms with Crippen molar-refractivity contribution in [1.82, 2.24) is 4.98 Å². The number of hydrogen-bond acceptors (Lipinski definition) is 7. The maximum Gasteiger partial charge on any atom is 0.204 e. The van der Waals surface area contributed by atoms with Crippen LogP contribution in [0.1, 0.15) is 5.56 Å². The highest BCUT2D eigenvalue weighted by molar-refractivity contribution is 6.01. The molecular formula is C19H13N3O4. The fourth-order valence-electron chi connectivity index (χ4n) is 2.69. The van der Waals surface area contributed by atoms with Gasteiger partial charge in [0.2, 0.25) is 5.43 Å². The number of nitrogens with one attached hydrogen (secondary N) is 1. The number of benzene rings is 2. The first-order valence-electron chi connectivity index (χ1n) is 7.75. The second-order valence-electron chi connectivity index (χ2n) is 5.58. The lowest BCUT2D eigenvalue weighted by atomic mass is 10.1. The third-order valence-electron chi connectivity index (χ3n) is 3.84. The number of aromatic hydroxyl groups is 2. The Bertz CT molecular complexity index is 1200. The van der Waals surface area contributed by atoms with Gasteiger partial charge < -0.3 is 14.6 Å². The highest BCUT2D eigenvalue weighted by Crippen LogP contribution is 2.30. The van der Waals surface area contributed by atoms with Gasteiger partial charge in [-0.1, -0.05) is 12.1 Å². The van der Waals surface area contributed by atoms with E-state index >= 15 is 0 Å². The fraction of sp³-hybridized carbons (Fsp3) is 0. The fourth-order valence-corrected chi connectivity index (χ4v) is 2.69. The zero-order chi connectivity index (χ0) is 18.1. The molecule has 4 aromatic rings. The highest BCUT2D eigenvalue weighted by atomic mass is 16.3. The number of hydrogen-bond donors (Lipinski definition) is 3. The lowest BCUT2D eigenvalue weighted by molar-refractivity contribution is 0.453. The van der Waals surface area contributed by atoms with Crippen LogP contribution < -0.4 is 10.9 Å². The molecular weight excluding hydrogens is 334 g/mol. The van der Waals surface area contributed by atoms with Gasteiger partial charge in [-0.15, -0.1) is 0 Å². The Kier molecular flexibility index (Phi) is 3.74. The van der Waals surface area contributed by atoms with E-state index in [-0.39, 0.29) is 27.9 Å². The smallest absolute Gasteiger partial charge is 0.204 e. The van der Waals surface area contributed by atoms with Crippen LogP contribution >= 0.6 is 0 Å². The Balaban J connectivity index is 1.84. The first-order chi connectivity index (χ1) is 12.6. The molecule has 0 saturated carbocycles. The number of anilines is 1. The number of nitrogens with zero attached hydrogens (tertiary/aromatic N) is 2. The third-order valence-corrected chi connectivity index (χ3v) is 3.84. The zero-order valence-corrected chi connectivity index (χ0v) is 13.4. The summed E-state index contributed by atoms with van der Waals surface area (Å²) in [6.45, 7) is 0. The lowest BCUT2D eigenvalue weighted by Gasteiger charge is -2.06. The number of pyridine rings is 1. The van der Waals surface area contributed by atoms with Gasteiger partial charge in [-0.2, -0.15) is 5.10 Å². The molecule has 4 rings (SSSR count). The minimum Gasteiger partial charge on any atom is -0.508 e. The van der Waals surface area contributed by atoms with Crippen molar-refractivity contribution in [3.8, 4) is 11.5 Å². The molecule has 2 aromatic heterocycles. The number of hydrazone groups is 1. The van der Waals surface area contributed by atoms with E-state index in [1.165, 1.54) is 12.3 Å². The summed E-state index contributed by atoms with van der Waals surface area (Å²) in [5.41, 5.74) is 3.37. The van der Waals surface area contributed by atoms with Crippen molar-refractivity contribution >= 4 is 34.0 Å². The molecule has 7 nitrogen and oxygen atoms in total. The summed E-state index contributed by atoms with van der Waals surface area (Å²) in [6.07, 6.45) is 3.15. The van der Waals surface area contributed by atoms with Crippen molar-refractivity contribution in [1.29, 1.82) is 0 Å². The summed E-state index contributed by atoms with van der Waals surface area (Å²) in [7, 11) is 0. The van der Waals surface area contributed by atoms with E-state index < -0.39 is 0 Å². The van der Waals surface area contributed by atoms with E-state index in [0.717, 1.165) is 6.07 Å². The molecule has 0 spiro atoms. The van der Waals surface area contributed by atoms with Gasteiger partial charge in [-0.3, -0.25) is 10.2 Å². The second-order valence-corrected chi connectivity index (χ2v) is 5.58. The van der Waals surface area contributed by atoms with Crippen molar-refractivity contribution in [3.63, 3.8) is 0 Å². The van der Waals surface area contributed by atoms with Gasteiger partial charge in [-0.05, 0) is 24.3 Å². The summed E-state index contributed by atoms with van der Waals surface area (Å²) in [6, 6.07) is 12.8. The molecule has 0 atom stereocenters. The molecule has 0 amide bonds. The van der Waals surface area contributed by atoms with Crippen LogP contribution in [0.15, 0.2) is 69.0 Å². The summed E-state index contributed by atoms with van der Waals surface area (Å²) in [5.74, 6) is 0.0535. The Hall–Kier alpha value is -3.87. The first-order valence-corrected chi connectivity index (χ1v) is 7.75. The van der Waals surface area contributed by atoms with E-state index in [9.17, 15) is 15.0 Å². The molecule has 128 valence electrons. The molecule has 0 fully saturated rings. The molecule has 0 unspecified atom stereocenters. The quantitative estimate of drug-likeness (QED) is 0.298. The highest BCUT2D eigenvalue weighted by Gasteiger charge is 2.14. The standard InChI is InChI=1S/C19H13N3O4/c23-12-8-14(24)17-15(9-12)26-19-11(4-3-5-13(19)18(17)25)10-21-22-16-6-1-2-7-20-16/h1-10,23-24H,(H,20,22)/b21-10+. The van der Waals surface area contributed by atoms with Gasteiger partial charge in [0.05, 0.1) is 11.6 Å². The minimum atomic E-state index is -0.383. The van der Waals surface area contributed by atoms with Crippen molar-refractivity contribution in [3.05, 3.63) is 70.5 Å². The van der Waals surface area contributed by atoms with Crippen LogP contribution in [0.2, 0.25) is 0 Å². The van der Waals surface area contributed by atoms with Gasteiger partial charge in [0.15, 0.2) is 0 Å². The monoisotopic (exact) mass is 347 g/mol. The van der Waals surface area contributed by atoms with Crippen LogP contribution in [0.4, 0.5) is 5.82 Å². The maximum atomic E-state index is 12.7. The summed E-state index contributed by atoms with van der Waals surface area (Å²) < 4.78 is 5.77. The van der Waals surface area contributed by atoms with Crippen molar-refractivity contribution < 1.29 is 14.6 Å². The summed E-state index contributed by atoms with van der Waals surface area (Å²) in [5, 5.41) is 24.0. The Morgan fingerprint density at radius 3 is 2.81 bits per heavy atom. The van der Waals surface area contributed by atoms with E-state index in [0.29, 0.717) is 22.4 Å². The van der Waals surface area contributed by atoms with Crippen LogP contribution in [-0.2, 0) is 0 Å². The van der Waals surface area contributed by atoms with Crippen LogP contribution in [-0.4, -0.2) is 21.4 Å². The first kappa shape index (κ1) is 15.6. The van der Waals surface area contributed by atoms with Gasteiger partial charge in [-0.25, -0.2) is 4.98 Å². The van der Waals surface area contributed by atoms with E-state index in [2.05, 4.69) is 15.5 Å². The number of para-hydroxylation sites is 1. The average molecular weight is 347 g/mol. The second kappa shape index (κ2) is 6.21. The summed E-state index contributed by atoms with van der Waals surface area (Å²) in [4.78, 5) is 16.8. The molecule has 26 heavy (non-hydrogen) atoms. The molecule has 2 heterocycles. The predicted molar refractivity (Wildman–Crippen MR) is 98.8 cm³/mol.